The van der Waals surface area contributed by atoms with Crippen LogP contribution in [0.25, 0.3) is 0 Å². The molecule has 0 saturated carbocycles. The van der Waals surface area contributed by atoms with Crippen LogP contribution in [-0.2, 0) is 4.79 Å². The smallest absolute Gasteiger partial charge is 0.242 e. The molecule has 1 aliphatic rings. The maximum Gasteiger partial charge on any atom is 0.242 e. The Hall–Kier alpha value is -0.610. The molecule has 4 heteroatoms. The summed E-state index contributed by atoms with van der Waals surface area (Å²) in [6.07, 6.45) is 1.57. The number of hydrogen-bond donors (Lipinski definition) is 2. The second-order valence-electron chi connectivity index (χ2n) is 5.59. The monoisotopic (exact) mass is 228 g/mol. The maximum absolute atomic E-state index is 12.0. The summed E-state index contributed by atoms with van der Waals surface area (Å²) in [5.41, 5.74) is 4.48. The van der Waals surface area contributed by atoms with Gasteiger partial charge in [0.1, 0.15) is 5.60 Å². The largest absolute Gasteiger partial charge is 0.386 e. The average molecular weight is 228 g/mol. The summed E-state index contributed by atoms with van der Waals surface area (Å²) < 4.78 is 0. The van der Waals surface area contributed by atoms with E-state index >= 15 is 0 Å². The zero-order valence-electron chi connectivity index (χ0n) is 10.8. The van der Waals surface area contributed by atoms with Crippen LogP contribution in [0.5, 0.6) is 0 Å². The van der Waals surface area contributed by atoms with E-state index in [1.807, 2.05) is 20.8 Å². The Bertz CT molecular complexity index is 268. The van der Waals surface area contributed by atoms with Gasteiger partial charge in [-0.2, -0.15) is 0 Å². The van der Waals surface area contributed by atoms with E-state index < -0.39 is 11.1 Å². The standard InChI is InChI=1S/C12H24N2O2/c1-5-6-11(4,13)10(15)14-7-12(16,8-14)9(2)3/h9,16H,5-8,13H2,1-4H3. The number of carbonyl (C=O) groups excluding carboxylic acids is 1. The predicted molar refractivity (Wildman–Crippen MR) is 63.9 cm³/mol. The molecular weight excluding hydrogens is 204 g/mol. The number of rotatable bonds is 4. The molecule has 1 unspecified atom stereocenters. The summed E-state index contributed by atoms with van der Waals surface area (Å²) in [4.78, 5) is 13.7. The maximum atomic E-state index is 12.0. The first-order valence-corrected chi connectivity index (χ1v) is 6.03. The fourth-order valence-corrected chi connectivity index (χ4v) is 2.11. The van der Waals surface area contributed by atoms with Crippen molar-refractivity contribution >= 4 is 5.91 Å². The molecule has 4 nitrogen and oxygen atoms in total. The van der Waals surface area contributed by atoms with Crippen molar-refractivity contribution in [1.29, 1.82) is 0 Å². The van der Waals surface area contributed by atoms with Gasteiger partial charge in [-0.25, -0.2) is 0 Å². The van der Waals surface area contributed by atoms with Crippen LogP contribution in [-0.4, -0.2) is 40.1 Å². The van der Waals surface area contributed by atoms with Gasteiger partial charge in [-0.05, 0) is 19.3 Å². The number of aliphatic hydroxyl groups is 1. The molecule has 0 spiro atoms. The lowest BCUT2D eigenvalue weighted by Crippen LogP contribution is -2.70. The highest BCUT2D eigenvalue weighted by Gasteiger charge is 2.48. The van der Waals surface area contributed by atoms with Gasteiger partial charge in [-0.1, -0.05) is 27.2 Å². The third-order valence-electron chi connectivity index (χ3n) is 3.55. The molecule has 0 aromatic carbocycles. The molecule has 0 aromatic rings. The lowest BCUT2D eigenvalue weighted by atomic mass is 9.81. The highest BCUT2D eigenvalue weighted by atomic mass is 16.3. The Kier molecular flexibility index (Phi) is 3.65. The van der Waals surface area contributed by atoms with Crippen LogP contribution in [0.2, 0.25) is 0 Å². The topological polar surface area (TPSA) is 66.6 Å². The van der Waals surface area contributed by atoms with E-state index in [0.29, 0.717) is 19.5 Å². The van der Waals surface area contributed by atoms with Crippen molar-refractivity contribution in [2.45, 2.75) is 51.7 Å². The number of amides is 1. The van der Waals surface area contributed by atoms with Crippen LogP contribution < -0.4 is 5.73 Å². The van der Waals surface area contributed by atoms with Crippen LogP contribution >= 0.6 is 0 Å². The van der Waals surface area contributed by atoms with Crippen LogP contribution in [0.4, 0.5) is 0 Å². The van der Waals surface area contributed by atoms with Crippen molar-refractivity contribution in [3.05, 3.63) is 0 Å². The number of hydrogen-bond acceptors (Lipinski definition) is 3. The first-order chi connectivity index (χ1) is 7.23. The van der Waals surface area contributed by atoms with E-state index in [4.69, 9.17) is 5.73 Å². The van der Waals surface area contributed by atoms with Crippen LogP contribution in [0.3, 0.4) is 0 Å². The summed E-state index contributed by atoms with van der Waals surface area (Å²) in [6, 6.07) is 0. The van der Waals surface area contributed by atoms with Crippen molar-refractivity contribution in [2.75, 3.05) is 13.1 Å². The lowest BCUT2D eigenvalue weighted by Gasteiger charge is -2.50. The van der Waals surface area contributed by atoms with Gasteiger partial charge in [0.2, 0.25) is 5.91 Å². The third kappa shape index (κ3) is 2.38. The quantitative estimate of drug-likeness (QED) is 0.745. The van der Waals surface area contributed by atoms with Gasteiger partial charge in [-0.3, -0.25) is 4.79 Å². The van der Waals surface area contributed by atoms with E-state index in [0.717, 1.165) is 6.42 Å². The first kappa shape index (κ1) is 13.5. The molecule has 3 N–H and O–H groups in total. The molecule has 16 heavy (non-hydrogen) atoms. The number of nitrogens with two attached hydrogens (primary N) is 1. The van der Waals surface area contributed by atoms with Gasteiger partial charge in [0.15, 0.2) is 0 Å². The van der Waals surface area contributed by atoms with Crippen molar-refractivity contribution < 1.29 is 9.90 Å². The third-order valence-corrected chi connectivity index (χ3v) is 3.55. The van der Waals surface area contributed by atoms with E-state index in [1.54, 1.807) is 11.8 Å². The van der Waals surface area contributed by atoms with Crippen LogP contribution in [0.1, 0.15) is 40.5 Å². The summed E-state index contributed by atoms with van der Waals surface area (Å²) >= 11 is 0. The van der Waals surface area contributed by atoms with E-state index in [2.05, 4.69) is 0 Å². The Morgan fingerprint density at radius 3 is 2.44 bits per heavy atom. The minimum absolute atomic E-state index is 0.0420. The SMILES string of the molecule is CCCC(C)(N)C(=O)N1CC(O)(C(C)C)C1. The van der Waals surface area contributed by atoms with Gasteiger partial charge < -0.3 is 15.7 Å². The first-order valence-electron chi connectivity index (χ1n) is 6.03. The zero-order chi connectivity index (χ0) is 12.6. The lowest BCUT2D eigenvalue weighted by molar-refractivity contribution is -0.168. The minimum atomic E-state index is -0.785. The molecule has 1 amide bonds. The van der Waals surface area contributed by atoms with Gasteiger partial charge in [0.05, 0.1) is 18.6 Å². The highest BCUT2D eigenvalue weighted by molar-refractivity contribution is 5.86. The molecule has 0 aliphatic carbocycles. The number of β-amino-alcohol motifs (C(OH)–C–C–N with tert-alkyl or cyclic N) is 1. The van der Waals surface area contributed by atoms with E-state index in [9.17, 15) is 9.90 Å². The van der Waals surface area contributed by atoms with Gasteiger partial charge in [0, 0.05) is 0 Å². The van der Waals surface area contributed by atoms with E-state index in [1.165, 1.54) is 0 Å². The second-order valence-corrected chi connectivity index (χ2v) is 5.59. The molecule has 1 atom stereocenters. The van der Waals surface area contributed by atoms with Crippen molar-refractivity contribution in [3.8, 4) is 0 Å². The zero-order valence-corrected chi connectivity index (χ0v) is 10.8. The Balaban J connectivity index is 2.55. The minimum Gasteiger partial charge on any atom is -0.386 e. The summed E-state index contributed by atoms with van der Waals surface area (Å²) in [5.74, 6) is 0.131. The average Bonchev–Trinajstić information content (AvgIpc) is 2.11. The Morgan fingerprint density at radius 2 is 2.06 bits per heavy atom. The number of nitrogens with zero attached hydrogens (tertiary/aromatic N) is 1. The second kappa shape index (κ2) is 4.34. The fraction of sp³-hybridized carbons (Fsp3) is 0.917. The molecule has 1 aliphatic heterocycles. The summed E-state index contributed by atoms with van der Waals surface area (Å²) in [5, 5.41) is 10.1. The number of carbonyl (C=O) groups is 1. The normalized spacial score (nSPS) is 22.8. The van der Waals surface area contributed by atoms with Gasteiger partial charge in [0.25, 0.3) is 0 Å². The van der Waals surface area contributed by atoms with Crippen LogP contribution in [0.15, 0.2) is 0 Å². The molecule has 0 radical (unpaired) electrons. The summed E-state index contributed by atoms with van der Waals surface area (Å²) in [7, 11) is 0. The Labute approximate surface area is 97.8 Å². The molecule has 94 valence electrons. The molecule has 0 bridgehead atoms. The van der Waals surface area contributed by atoms with Gasteiger partial charge in [-0.15, -0.1) is 0 Å². The Morgan fingerprint density at radius 1 is 1.56 bits per heavy atom. The van der Waals surface area contributed by atoms with Gasteiger partial charge >= 0.3 is 0 Å². The molecule has 1 heterocycles. The van der Waals surface area contributed by atoms with Crippen molar-refractivity contribution in [3.63, 3.8) is 0 Å². The molecule has 1 fully saturated rings. The highest BCUT2D eigenvalue weighted by Crippen LogP contribution is 2.30. The van der Waals surface area contributed by atoms with E-state index in [-0.39, 0.29) is 11.8 Å². The fourth-order valence-electron chi connectivity index (χ4n) is 2.11. The summed E-state index contributed by atoms with van der Waals surface area (Å²) in [6.45, 7) is 8.55. The van der Waals surface area contributed by atoms with Crippen molar-refractivity contribution in [2.24, 2.45) is 11.7 Å². The van der Waals surface area contributed by atoms with Crippen molar-refractivity contribution in [1.82, 2.24) is 4.90 Å². The molecule has 0 aromatic heterocycles. The molecule has 1 rings (SSSR count). The molecule has 1 saturated heterocycles. The molecular formula is C12H24N2O2. The van der Waals surface area contributed by atoms with Crippen LogP contribution in [0, 0.1) is 5.92 Å². The number of likely N-dealkylation sites (tertiary alicyclic amines) is 1. The predicted octanol–water partition coefficient (Wildman–Crippen LogP) is 0.733.